The highest BCUT2D eigenvalue weighted by atomic mass is 32.1. The minimum atomic E-state index is -0.222. The molecule has 5 heteroatoms. The summed E-state index contributed by atoms with van der Waals surface area (Å²) in [6.45, 7) is 0.589. The van der Waals surface area contributed by atoms with E-state index in [0.717, 1.165) is 11.1 Å². The minimum Gasteiger partial charge on any atom is -0.354 e. The number of amides is 1. The second-order valence-electron chi connectivity index (χ2n) is 6.76. The zero-order valence-electron chi connectivity index (χ0n) is 15.7. The lowest BCUT2D eigenvalue weighted by Gasteiger charge is -2.25. The molecule has 0 radical (unpaired) electrons. The number of aromatic nitrogens is 1. The number of nitrogens with zero attached hydrogens (tertiary/aromatic N) is 2. The first kappa shape index (κ1) is 19.3. The number of carbonyl (C=O) groups excluding carboxylic acids is 1. The van der Waals surface area contributed by atoms with Crippen LogP contribution in [0.4, 0.5) is 0 Å². The third kappa shape index (κ3) is 5.25. The van der Waals surface area contributed by atoms with Crippen molar-refractivity contribution in [2.45, 2.75) is 18.4 Å². The van der Waals surface area contributed by atoms with Crippen LogP contribution in [0.1, 0.15) is 28.0 Å². The van der Waals surface area contributed by atoms with Gasteiger partial charge in [-0.3, -0.25) is 9.78 Å². The molecule has 27 heavy (non-hydrogen) atoms. The van der Waals surface area contributed by atoms with Crippen LogP contribution in [0.5, 0.6) is 0 Å². The molecule has 2 unspecified atom stereocenters. The Morgan fingerprint density at radius 3 is 2.44 bits per heavy atom. The largest absolute Gasteiger partial charge is 0.354 e. The maximum atomic E-state index is 13.1. The number of hydrogen-bond donors (Lipinski definition) is 1. The van der Waals surface area contributed by atoms with E-state index >= 15 is 0 Å². The number of carbonyl (C=O) groups is 1. The molecule has 0 fully saturated rings. The summed E-state index contributed by atoms with van der Waals surface area (Å²) < 4.78 is 0. The predicted molar refractivity (Wildman–Crippen MR) is 111 cm³/mol. The first-order valence-corrected chi connectivity index (χ1v) is 9.94. The molecule has 0 aliphatic heterocycles. The summed E-state index contributed by atoms with van der Waals surface area (Å²) in [4.78, 5) is 20.6. The van der Waals surface area contributed by atoms with Crippen molar-refractivity contribution in [3.05, 3.63) is 88.4 Å². The van der Waals surface area contributed by atoms with E-state index in [-0.39, 0.29) is 17.9 Å². The third-order valence-corrected chi connectivity index (χ3v) is 5.65. The molecular weight excluding hydrogens is 354 g/mol. The molecule has 0 saturated heterocycles. The molecule has 0 saturated carbocycles. The summed E-state index contributed by atoms with van der Waals surface area (Å²) in [5.74, 6) is -0.166. The molecule has 0 spiro atoms. The van der Waals surface area contributed by atoms with E-state index in [1.54, 1.807) is 23.7 Å². The Balaban J connectivity index is 1.74. The first-order valence-electron chi connectivity index (χ1n) is 9.06. The van der Waals surface area contributed by atoms with Gasteiger partial charge < -0.3 is 10.2 Å². The standard InChI is InChI=1S/C22H25N3OS/c1-25(2)20(21-9-6-14-27-21)16-24-22(26)19(18-7-4-3-5-8-18)15-17-10-12-23-13-11-17/h3-14,19-20H,15-16H2,1-2H3,(H,24,26). The zero-order valence-corrected chi connectivity index (χ0v) is 16.5. The second kappa shape index (κ2) is 9.44. The molecule has 2 heterocycles. The average molecular weight is 380 g/mol. The molecule has 140 valence electrons. The Morgan fingerprint density at radius 1 is 1.07 bits per heavy atom. The van der Waals surface area contributed by atoms with Gasteiger partial charge >= 0.3 is 0 Å². The van der Waals surface area contributed by atoms with Gasteiger partial charge in [0.15, 0.2) is 0 Å². The maximum Gasteiger partial charge on any atom is 0.227 e. The summed E-state index contributed by atoms with van der Waals surface area (Å²) in [5, 5.41) is 5.25. The van der Waals surface area contributed by atoms with Gasteiger partial charge in [0.2, 0.25) is 5.91 Å². The van der Waals surface area contributed by atoms with Crippen LogP contribution in [0.15, 0.2) is 72.4 Å². The fraction of sp³-hybridized carbons (Fsp3) is 0.273. The molecule has 4 nitrogen and oxygen atoms in total. The highest BCUT2D eigenvalue weighted by molar-refractivity contribution is 7.10. The van der Waals surface area contributed by atoms with Gasteiger partial charge in [0.05, 0.1) is 12.0 Å². The van der Waals surface area contributed by atoms with E-state index in [9.17, 15) is 4.79 Å². The number of rotatable bonds is 8. The number of thiophene rings is 1. The van der Waals surface area contributed by atoms with Crippen molar-refractivity contribution < 1.29 is 4.79 Å². The van der Waals surface area contributed by atoms with Crippen LogP contribution in [0.2, 0.25) is 0 Å². The van der Waals surface area contributed by atoms with Gasteiger partial charge in [0.25, 0.3) is 0 Å². The molecule has 3 aromatic rings. The van der Waals surface area contributed by atoms with Gasteiger partial charge in [0.1, 0.15) is 0 Å². The van der Waals surface area contributed by atoms with Crippen molar-refractivity contribution in [1.82, 2.24) is 15.2 Å². The highest BCUT2D eigenvalue weighted by Gasteiger charge is 2.23. The number of likely N-dealkylation sites (N-methyl/N-ethyl adjacent to an activating group) is 1. The van der Waals surface area contributed by atoms with Gasteiger partial charge in [-0.2, -0.15) is 0 Å². The predicted octanol–water partition coefficient (Wildman–Crippen LogP) is 3.89. The van der Waals surface area contributed by atoms with Gasteiger partial charge in [-0.05, 0) is 55.2 Å². The number of hydrogen-bond acceptors (Lipinski definition) is 4. The molecule has 0 aliphatic rings. The molecule has 2 aromatic heterocycles. The Morgan fingerprint density at radius 2 is 1.81 bits per heavy atom. The number of benzene rings is 1. The molecule has 0 aliphatic carbocycles. The van der Waals surface area contributed by atoms with E-state index < -0.39 is 0 Å². The van der Waals surface area contributed by atoms with Crippen LogP contribution in [0.3, 0.4) is 0 Å². The first-order chi connectivity index (χ1) is 13.1. The summed E-state index contributed by atoms with van der Waals surface area (Å²) in [7, 11) is 4.09. The van der Waals surface area contributed by atoms with E-state index in [1.165, 1.54) is 4.88 Å². The normalized spacial score (nSPS) is 13.3. The van der Waals surface area contributed by atoms with E-state index in [0.29, 0.717) is 13.0 Å². The summed E-state index contributed by atoms with van der Waals surface area (Å²) in [6, 6.07) is 18.3. The van der Waals surface area contributed by atoms with Crippen molar-refractivity contribution in [3.8, 4) is 0 Å². The fourth-order valence-electron chi connectivity index (χ4n) is 3.14. The van der Waals surface area contributed by atoms with E-state index in [1.807, 2.05) is 56.6 Å². The summed E-state index contributed by atoms with van der Waals surface area (Å²) >= 11 is 1.72. The molecule has 0 bridgehead atoms. The Labute approximate surface area is 164 Å². The lowest BCUT2D eigenvalue weighted by molar-refractivity contribution is -0.122. The van der Waals surface area contributed by atoms with Gasteiger partial charge in [-0.25, -0.2) is 0 Å². The Bertz CT molecular complexity index is 819. The Hall–Kier alpha value is -2.50. The highest BCUT2D eigenvalue weighted by Crippen LogP contribution is 2.24. The average Bonchev–Trinajstić information content (AvgIpc) is 3.22. The van der Waals surface area contributed by atoms with Crippen LogP contribution < -0.4 is 5.32 Å². The summed E-state index contributed by atoms with van der Waals surface area (Å²) in [5.41, 5.74) is 2.14. The lowest BCUT2D eigenvalue weighted by atomic mass is 9.91. The van der Waals surface area contributed by atoms with Crippen molar-refractivity contribution in [3.63, 3.8) is 0 Å². The van der Waals surface area contributed by atoms with E-state index in [4.69, 9.17) is 0 Å². The van der Waals surface area contributed by atoms with Crippen molar-refractivity contribution in [2.75, 3.05) is 20.6 Å². The van der Waals surface area contributed by atoms with Crippen LogP contribution in [-0.4, -0.2) is 36.4 Å². The monoisotopic (exact) mass is 379 g/mol. The quantitative estimate of drug-likeness (QED) is 0.646. The fourth-order valence-corrected chi connectivity index (χ4v) is 4.06. The summed E-state index contributed by atoms with van der Waals surface area (Å²) in [6.07, 6.45) is 4.20. The number of pyridine rings is 1. The molecular formula is C22H25N3OS. The van der Waals surface area contributed by atoms with Crippen LogP contribution in [0, 0.1) is 0 Å². The Kier molecular flexibility index (Phi) is 6.74. The van der Waals surface area contributed by atoms with E-state index in [2.05, 4.69) is 32.7 Å². The lowest BCUT2D eigenvalue weighted by Crippen LogP contribution is -2.37. The third-order valence-electron chi connectivity index (χ3n) is 4.67. The molecule has 1 aromatic carbocycles. The van der Waals surface area contributed by atoms with Gasteiger partial charge in [-0.1, -0.05) is 36.4 Å². The second-order valence-corrected chi connectivity index (χ2v) is 7.74. The van der Waals surface area contributed by atoms with Crippen LogP contribution >= 0.6 is 11.3 Å². The SMILES string of the molecule is CN(C)C(CNC(=O)C(Cc1ccncc1)c1ccccc1)c1cccs1. The molecule has 3 rings (SSSR count). The van der Waals surface area contributed by atoms with Crippen molar-refractivity contribution in [2.24, 2.45) is 0 Å². The van der Waals surface area contributed by atoms with Crippen LogP contribution in [0.25, 0.3) is 0 Å². The number of nitrogens with one attached hydrogen (secondary N) is 1. The topological polar surface area (TPSA) is 45.2 Å². The molecule has 1 N–H and O–H groups in total. The minimum absolute atomic E-state index is 0.0569. The zero-order chi connectivity index (χ0) is 19.1. The molecule has 1 amide bonds. The van der Waals surface area contributed by atoms with Gasteiger partial charge in [0, 0.05) is 23.8 Å². The van der Waals surface area contributed by atoms with Crippen molar-refractivity contribution in [1.29, 1.82) is 0 Å². The van der Waals surface area contributed by atoms with Crippen molar-refractivity contribution >= 4 is 17.2 Å². The van der Waals surface area contributed by atoms with Gasteiger partial charge in [-0.15, -0.1) is 11.3 Å². The maximum absolute atomic E-state index is 13.1. The molecule has 2 atom stereocenters. The smallest absolute Gasteiger partial charge is 0.227 e. The van der Waals surface area contributed by atoms with Crippen LogP contribution in [-0.2, 0) is 11.2 Å².